The van der Waals surface area contributed by atoms with E-state index in [4.69, 9.17) is 0 Å². The van der Waals surface area contributed by atoms with Crippen molar-refractivity contribution >= 4 is 74.8 Å². The van der Waals surface area contributed by atoms with Gasteiger partial charge in [0.25, 0.3) is 0 Å². The molecule has 0 N–H and O–H groups in total. The van der Waals surface area contributed by atoms with Gasteiger partial charge in [0.15, 0.2) is 0 Å². The molecule has 1 aromatic heterocycles. The van der Waals surface area contributed by atoms with Gasteiger partial charge in [-0.1, -0.05) is 75.9 Å². The number of fused-ring (bicyclic) bond motifs is 1. The van der Waals surface area contributed by atoms with Gasteiger partial charge in [-0.15, -0.1) is 0 Å². The molecule has 0 unspecified atom stereocenters. The lowest BCUT2D eigenvalue weighted by Gasteiger charge is -2.11. The third-order valence-electron chi connectivity index (χ3n) is 2.04. The zero-order valence-corrected chi connectivity index (χ0v) is 14.2. The third kappa shape index (κ3) is 2.66. The molecule has 16 heavy (non-hydrogen) atoms. The van der Waals surface area contributed by atoms with Crippen molar-refractivity contribution in [2.45, 2.75) is 7.47 Å². The summed E-state index contributed by atoms with van der Waals surface area (Å²) < 4.78 is -0.0191. The zero-order valence-electron chi connectivity index (χ0n) is 7.87. The number of para-hydroxylation sites is 2. The Labute approximate surface area is 127 Å². The topological polar surface area (TPSA) is 25.8 Å². The smallest absolute Gasteiger partial charge is 0.114 e. The molecule has 0 radical (unpaired) electrons. The van der Waals surface area contributed by atoms with Gasteiger partial charge in [-0.3, -0.25) is 0 Å². The average Bonchev–Trinajstić information content (AvgIpc) is 2.27. The summed E-state index contributed by atoms with van der Waals surface area (Å²) in [6.45, 7) is 0. The first kappa shape index (κ1) is 12.9. The molecule has 0 aliphatic carbocycles. The minimum absolute atomic E-state index is 0.00953. The van der Waals surface area contributed by atoms with E-state index in [1.165, 1.54) is 0 Å². The maximum Gasteiger partial charge on any atom is 0.114 e. The monoisotopic (exact) mass is 470 g/mol. The fourth-order valence-electron chi connectivity index (χ4n) is 1.35. The highest BCUT2D eigenvalue weighted by molar-refractivity contribution is 9.24. The van der Waals surface area contributed by atoms with E-state index >= 15 is 0 Å². The summed E-state index contributed by atoms with van der Waals surface area (Å²) in [6.07, 6.45) is 0. The van der Waals surface area contributed by atoms with Crippen LogP contribution in [0.15, 0.2) is 24.3 Å². The molecule has 0 fully saturated rings. The van der Waals surface area contributed by atoms with Gasteiger partial charge < -0.3 is 0 Å². The maximum absolute atomic E-state index is 4.58. The van der Waals surface area contributed by atoms with Gasteiger partial charge in [0.05, 0.1) is 22.4 Å². The number of halogens is 4. The van der Waals surface area contributed by atoms with E-state index in [2.05, 4.69) is 73.7 Å². The van der Waals surface area contributed by atoms with Crippen LogP contribution in [0.3, 0.4) is 0 Å². The predicted molar refractivity (Wildman–Crippen MR) is 80.7 cm³/mol. The van der Waals surface area contributed by atoms with Crippen molar-refractivity contribution < 1.29 is 0 Å². The molecule has 0 aliphatic rings. The summed E-state index contributed by atoms with van der Waals surface area (Å²) >= 11 is 13.8. The fourth-order valence-corrected chi connectivity index (χ4v) is 2.70. The van der Waals surface area contributed by atoms with Crippen LogP contribution >= 0.6 is 63.7 Å². The van der Waals surface area contributed by atoms with Gasteiger partial charge in [-0.2, -0.15) is 0 Å². The van der Waals surface area contributed by atoms with E-state index in [1.54, 1.807) is 0 Å². The first-order valence-electron chi connectivity index (χ1n) is 4.42. The molecule has 2 rings (SSSR count). The number of aromatic nitrogens is 2. The SMILES string of the molecule is BrC(Br)c1nc2ccccc2nc1C(Br)Br. The second-order valence-corrected chi connectivity index (χ2v) is 9.20. The van der Waals surface area contributed by atoms with Crippen molar-refractivity contribution in [1.82, 2.24) is 9.97 Å². The third-order valence-corrected chi connectivity index (χ3v) is 3.77. The van der Waals surface area contributed by atoms with E-state index in [0.717, 1.165) is 22.4 Å². The van der Waals surface area contributed by atoms with Gasteiger partial charge in [-0.05, 0) is 12.1 Å². The quantitative estimate of drug-likeness (QED) is 0.560. The molecule has 0 aliphatic heterocycles. The normalized spacial score (nSPS) is 11.6. The highest BCUT2D eigenvalue weighted by Gasteiger charge is 2.18. The molecule has 0 amide bonds. The van der Waals surface area contributed by atoms with Crippen molar-refractivity contribution in [2.75, 3.05) is 0 Å². The first-order valence-corrected chi connectivity index (χ1v) is 8.08. The largest absolute Gasteiger partial charge is 0.247 e. The fraction of sp³-hybridized carbons (Fsp3) is 0.200. The van der Waals surface area contributed by atoms with Crippen LogP contribution in [-0.4, -0.2) is 9.97 Å². The van der Waals surface area contributed by atoms with Crippen molar-refractivity contribution in [1.29, 1.82) is 0 Å². The Morgan fingerprint density at radius 3 is 1.44 bits per heavy atom. The van der Waals surface area contributed by atoms with Gasteiger partial charge in [0, 0.05) is 0 Å². The molecule has 0 saturated carbocycles. The molecule has 0 spiro atoms. The van der Waals surface area contributed by atoms with Crippen LogP contribution in [0, 0.1) is 0 Å². The molecule has 1 heterocycles. The second kappa shape index (κ2) is 5.42. The molecule has 6 heteroatoms. The number of rotatable bonds is 2. The molecule has 0 saturated heterocycles. The second-order valence-electron chi connectivity index (χ2n) is 3.08. The van der Waals surface area contributed by atoms with Gasteiger partial charge >= 0.3 is 0 Å². The van der Waals surface area contributed by atoms with E-state index < -0.39 is 0 Å². The van der Waals surface area contributed by atoms with Crippen molar-refractivity contribution in [2.24, 2.45) is 0 Å². The molecule has 2 aromatic rings. The predicted octanol–water partition coefficient (Wildman–Crippen LogP) is 5.21. The Balaban J connectivity index is 2.71. The number of benzene rings is 1. The summed E-state index contributed by atoms with van der Waals surface area (Å²) in [7, 11) is 0. The van der Waals surface area contributed by atoms with Crippen molar-refractivity contribution in [3.05, 3.63) is 35.7 Å². The highest BCUT2D eigenvalue weighted by atomic mass is 79.9. The summed E-state index contributed by atoms with van der Waals surface area (Å²) in [6, 6.07) is 7.82. The molecule has 84 valence electrons. The lowest BCUT2D eigenvalue weighted by molar-refractivity contribution is 1.07. The minimum Gasteiger partial charge on any atom is -0.247 e. The van der Waals surface area contributed by atoms with Crippen molar-refractivity contribution in [3.8, 4) is 0 Å². The highest BCUT2D eigenvalue weighted by Crippen LogP contribution is 2.38. The van der Waals surface area contributed by atoms with Gasteiger partial charge in [-0.25, -0.2) is 9.97 Å². The Morgan fingerprint density at radius 2 is 1.12 bits per heavy atom. The van der Waals surface area contributed by atoms with Crippen LogP contribution in [0.4, 0.5) is 0 Å². The number of nitrogens with zero attached hydrogens (tertiary/aromatic N) is 2. The first-order chi connectivity index (χ1) is 7.59. The van der Waals surface area contributed by atoms with Crippen LogP contribution in [0.2, 0.25) is 0 Å². The van der Waals surface area contributed by atoms with Crippen LogP contribution in [0.25, 0.3) is 11.0 Å². The summed E-state index contributed by atoms with van der Waals surface area (Å²) in [5.74, 6) is 0. The lowest BCUT2D eigenvalue weighted by Crippen LogP contribution is -2.00. The number of alkyl halides is 4. The van der Waals surface area contributed by atoms with Crippen LogP contribution in [-0.2, 0) is 0 Å². The van der Waals surface area contributed by atoms with Crippen molar-refractivity contribution in [3.63, 3.8) is 0 Å². The van der Waals surface area contributed by atoms with E-state index in [1.807, 2.05) is 24.3 Å². The number of hydrogen-bond donors (Lipinski definition) is 0. The summed E-state index contributed by atoms with van der Waals surface area (Å²) in [5.41, 5.74) is 3.53. The number of hydrogen-bond acceptors (Lipinski definition) is 2. The minimum atomic E-state index is -0.00953. The van der Waals surface area contributed by atoms with Gasteiger partial charge in [0.2, 0.25) is 0 Å². The summed E-state index contributed by atoms with van der Waals surface area (Å²) in [5, 5.41) is 0. The molecular weight excluding hydrogens is 468 g/mol. The Hall–Kier alpha value is 0.480. The molecule has 0 bridgehead atoms. The standard InChI is InChI=1S/C10H6Br4N2/c11-9(12)7-8(10(13)14)16-6-4-2-1-3-5(6)15-7/h1-4,9-10H. The Morgan fingerprint density at radius 1 is 0.750 bits per heavy atom. The zero-order chi connectivity index (χ0) is 11.7. The molecular formula is C10H6Br4N2. The van der Waals surface area contributed by atoms with E-state index in [-0.39, 0.29) is 7.47 Å². The van der Waals surface area contributed by atoms with Crippen LogP contribution < -0.4 is 0 Å². The van der Waals surface area contributed by atoms with Gasteiger partial charge in [0.1, 0.15) is 7.47 Å². The lowest BCUT2D eigenvalue weighted by atomic mass is 10.2. The Bertz CT molecular complexity index is 467. The summed E-state index contributed by atoms with van der Waals surface area (Å²) in [4.78, 5) is 9.16. The molecule has 2 nitrogen and oxygen atoms in total. The Kier molecular flexibility index (Phi) is 4.38. The molecule has 1 aromatic carbocycles. The maximum atomic E-state index is 4.58. The molecule has 0 atom stereocenters. The van der Waals surface area contributed by atoms with Crippen LogP contribution in [0.5, 0.6) is 0 Å². The van der Waals surface area contributed by atoms with Crippen LogP contribution in [0.1, 0.15) is 18.9 Å². The average molecular weight is 474 g/mol. The van der Waals surface area contributed by atoms with E-state index in [9.17, 15) is 0 Å². The van der Waals surface area contributed by atoms with E-state index in [0.29, 0.717) is 0 Å².